The Balaban J connectivity index is 3.09. The smallest absolute Gasteiger partial charge is 0.360 e. The molecule has 0 spiro atoms. The van der Waals surface area contributed by atoms with E-state index in [4.69, 9.17) is 5.53 Å². The first-order valence-electron chi connectivity index (χ1n) is 5.21. The predicted octanol–water partition coefficient (Wildman–Crippen LogP) is 1.30. The molecule has 0 radical (unpaired) electrons. The Morgan fingerprint density at radius 1 is 1.29 bits per heavy atom. The van der Waals surface area contributed by atoms with Gasteiger partial charge in [0.2, 0.25) is 5.78 Å². The van der Waals surface area contributed by atoms with Crippen LogP contribution in [0.2, 0.25) is 0 Å². The summed E-state index contributed by atoms with van der Waals surface area (Å²) in [6.07, 6.45) is 0. The highest BCUT2D eigenvalue weighted by Crippen LogP contribution is 2.13. The topological polar surface area (TPSA) is 73.8 Å². The van der Waals surface area contributed by atoms with Crippen LogP contribution < -0.4 is 4.90 Å². The summed E-state index contributed by atoms with van der Waals surface area (Å²) in [5.74, 6) is -1.17. The molecule has 5 heteroatoms. The minimum absolute atomic E-state index is 0.384. The Labute approximate surface area is 99.3 Å². The maximum atomic E-state index is 12.0. The van der Waals surface area contributed by atoms with E-state index in [-0.39, 0.29) is 0 Å². The number of carbonyl (C=O) groups excluding carboxylic acids is 2. The normalized spacial score (nSPS) is 9.29. The maximum absolute atomic E-state index is 12.0. The van der Waals surface area contributed by atoms with Crippen LogP contribution >= 0.6 is 0 Å². The lowest BCUT2D eigenvalue weighted by Gasteiger charge is -2.17. The van der Waals surface area contributed by atoms with Gasteiger partial charge in [-0.3, -0.25) is 9.59 Å². The lowest BCUT2D eigenvalue weighted by Crippen LogP contribution is -2.39. The molecular weight excluding hydrogens is 218 g/mol. The van der Waals surface area contributed by atoms with Crippen LogP contribution in [0, 0.1) is 0 Å². The first kappa shape index (κ1) is 12.8. The van der Waals surface area contributed by atoms with Crippen molar-refractivity contribution < 1.29 is 14.4 Å². The molecule has 0 unspecified atom stereocenters. The summed E-state index contributed by atoms with van der Waals surface area (Å²) >= 11 is 0. The molecule has 0 saturated carbocycles. The molecule has 1 aromatic carbocycles. The van der Waals surface area contributed by atoms with E-state index in [0.717, 1.165) is 0 Å². The molecule has 88 valence electrons. The fourth-order valence-corrected chi connectivity index (χ4v) is 1.44. The zero-order valence-electron chi connectivity index (χ0n) is 9.75. The molecule has 0 aliphatic carbocycles. The number of benzene rings is 1. The van der Waals surface area contributed by atoms with Gasteiger partial charge in [0.15, 0.2) is 0 Å². The molecule has 0 bridgehead atoms. The lowest BCUT2D eigenvalue weighted by molar-refractivity contribution is -0.122. The van der Waals surface area contributed by atoms with Crippen molar-refractivity contribution in [2.24, 2.45) is 0 Å². The Kier molecular flexibility index (Phi) is 4.31. The van der Waals surface area contributed by atoms with Gasteiger partial charge in [-0.15, -0.1) is 0 Å². The van der Waals surface area contributed by atoms with E-state index in [1.54, 1.807) is 31.2 Å². The summed E-state index contributed by atoms with van der Waals surface area (Å²) < 4.78 is 0. The van der Waals surface area contributed by atoms with Gasteiger partial charge in [0, 0.05) is 19.2 Å². The summed E-state index contributed by atoms with van der Waals surface area (Å²) in [6, 6.07) is 8.89. The van der Waals surface area contributed by atoms with Crippen LogP contribution in [0.4, 0.5) is 5.69 Å². The van der Waals surface area contributed by atoms with Crippen LogP contribution in [-0.4, -0.2) is 28.7 Å². The molecular formula is C12H13N3O2. The molecule has 1 rings (SSSR count). The number of ketones is 1. The number of Topliss-reactive ketones (excluding diaryl/α,β-unsaturated/α-hetero) is 1. The van der Waals surface area contributed by atoms with Crippen LogP contribution in [-0.2, 0) is 9.59 Å². The molecule has 0 aliphatic heterocycles. The number of para-hydroxylation sites is 1. The molecule has 0 fully saturated rings. The largest absolute Gasteiger partial charge is 0.421 e. The molecule has 0 N–H and O–H groups in total. The van der Waals surface area contributed by atoms with Crippen molar-refractivity contribution in [2.75, 3.05) is 11.4 Å². The summed E-state index contributed by atoms with van der Waals surface area (Å²) in [6.45, 7) is 3.35. The third-order valence-electron chi connectivity index (χ3n) is 2.27. The summed E-state index contributed by atoms with van der Waals surface area (Å²) in [5.41, 5.74) is 8.87. The summed E-state index contributed by atoms with van der Waals surface area (Å²) in [4.78, 5) is 27.2. The van der Waals surface area contributed by atoms with Crippen LogP contribution in [0.5, 0.6) is 0 Å². The van der Waals surface area contributed by atoms with E-state index in [2.05, 4.69) is 4.79 Å². The first-order valence-corrected chi connectivity index (χ1v) is 5.21. The van der Waals surface area contributed by atoms with Gasteiger partial charge < -0.3 is 10.4 Å². The first-order chi connectivity index (χ1) is 8.11. The molecule has 0 atom stereocenters. The molecule has 1 amide bonds. The fraction of sp³-hybridized carbons (Fsp3) is 0.250. The summed E-state index contributed by atoms with van der Waals surface area (Å²) in [5, 5.41) is 0. The van der Waals surface area contributed by atoms with Crippen LogP contribution in [0.3, 0.4) is 0 Å². The molecule has 5 nitrogen and oxygen atoms in total. The van der Waals surface area contributed by atoms with E-state index >= 15 is 0 Å². The number of hydrogen-bond donors (Lipinski definition) is 0. The van der Waals surface area contributed by atoms with Crippen molar-refractivity contribution in [1.29, 1.82) is 0 Å². The second-order valence-electron chi connectivity index (χ2n) is 3.39. The molecule has 1 aromatic rings. The Morgan fingerprint density at radius 2 is 1.88 bits per heavy atom. The monoisotopic (exact) mass is 231 g/mol. The van der Waals surface area contributed by atoms with Crippen molar-refractivity contribution in [1.82, 2.24) is 0 Å². The highest BCUT2D eigenvalue weighted by molar-refractivity contribution is 6.65. The Bertz CT molecular complexity index is 476. The number of hydrogen-bond acceptors (Lipinski definition) is 2. The minimum Gasteiger partial charge on any atom is -0.360 e. The van der Waals surface area contributed by atoms with Crippen molar-refractivity contribution in [3.8, 4) is 0 Å². The maximum Gasteiger partial charge on any atom is 0.421 e. The van der Waals surface area contributed by atoms with Crippen molar-refractivity contribution in [2.45, 2.75) is 13.8 Å². The van der Waals surface area contributed by atoms with Gasteiger partial charge in [-0.05, 0) is 19.1 Å². The number of nitrogens with zero attached hydrogens (tertiary/aromatic N) is 3. The SMILES string of the molecule is CCN(C(=O)C(=[N+]=[N-])C(C)=O)c1ccccc1. The fourth-order valence-electron chi connectivity index (χ4n) is 1.44. The lowest BCUT2D eigenvalue weighted by atomic mass is 10.2. The van der Waals surface area contributed by atoms with E-state index in [1.807, 2.05) is 6.07 Å². The molecule has 0 heterocycles. The molecule has 0 aromatic heterocycles. The van der Waals surface area contributed by atoms with Crippen LogP contribution in [0.1, 0.15) is 13.8 Å². The molecule has 17 heavy (non-hydrogen) atoms. The van der Waals surface area contributed by atoms with Crippen molar-refractivity contribution in [3.05, 3.63) is 35.9 Å². The second-order valence-corrected chi connectivity index (χ2v) is 3.39. The van der Waals surface area contributed by atoms with Crippen molar-refractivity contribution >= 4 is 23.1 Å². The average Bonchev–Trinajstić information content (AvgIpc) is 2.31. The predicted molar refractivity (Wildman–Crippen MR) is 63.8 cm³/mol. The zero-order valence-corrected chi connectivity index (χ0v) is 9.75. The average molecular weight is 231 g/mol. The van der Waals surface area contributed by atoms with Gasteiger partial charge in [-0.1, -0.05) is 18.2 Å². The van der Waals surface area contributed by atoms with Gasteiger partial charge in [-0.2, -0.15) is 4.79 Å². The molecule has 0 saturated heterocycles. The number of anilines is 1. The van der Waals surface area contributed by atoms with E-state index < -0.39 is 17.4 Å². The van der Waals surface area contributed by atoms with Crippen LogP contribution in [0.25, 0.3) is 5.53 Å². The Morgan fingerprint density at radius 3 is 2.29 bits per heavy atom. The van der Waals surface area contributed by atoms with Gasteiger partial charge in [0.05, 0.1) is 0 Å². The third kappa shape index (κ3) is 2.86. The summed E-state index contributed by atoms with van der Waals surface area (Å²) in [7, 11) is 0. The van der Waals surface area contributed by atoms with E-state index in [9.17, 15) is 9.59 Å². The zero-order chi connectivity index (χ0) is 12.8. The van der Waals surface area contributed by atoms with Gasteiger partial charge in [0.25, 0.3) is 0 Å². The number of rotatable bonds is 4. The standard InChI is InChI=1S/C12H13N3O2/c1-3-15(10-7-5-4-6-8-10)12(17)11(14-13)9(2)16/h4-8H,3H2,1-2H3. The Hall–Kier alpha value is -2.26. The number of carbonyl (C=O) groups is 2. The number of amides is 1. The second kappa shape index (κ2) is 5.72. The van der Waals surface area contributed by atoms with Crippen LogP contribution in [0.15, 0.2) is 30.3 Å². The molecule has 0 aliphatic rings. The minimum atomic E-state index is -0.603. The quantitative estimate of drug-likeness (QED) is 0.339. The van der Waals surface area contributed by atoms with Gasteiger partial charge in [0.1, 0.15) is 0 Å². The van der Waals surface area contributed by atoms with Gasteiger partial charge in [-0.25, -0.2) is 0 Å². The van der Waals surface area contributed by atoms with Gasteiger partial charge >= 0.3 is 11.6 Å². The highest BCUT2D eigenvalue weighted by Gasteiger charge is 2.30. The van der Waals surface area contributed by atoms with E-state index in [1.165, 1.54) is 11.8 Å². The van der Waals surface area contributed by atoms with E-state index in [0.29, 0.717) is 12.2 Å². The van der Waals surface area contributed by atoms with Crippen molar-refractivity contribution in [3.63, 3.8) is 0 Å². The third-order valence-corrected chi connectivity index (χ3v) is 2.27. The highest BCUT2D eigenvalue weighted by atomic mass is 16.2.